The van der Waals surface area contributed by atoms with Crippen molar-refractivity contribution in [2.75, 3.05) is 10.0 Å². The van der Waals surface area contributed by atoms with Crippen molar-refractivity contribution in [3.05, 3.63) is 51.2 Å². The number of carbonyl (C=O) groups excluding carboxylic acids is 1. The van der Waals surface area contributed by atoms with E-state index in [0.29, 0.717) is 5.69 Å². The number of anilines is 2. The third kappa shape index (κ3) is 4.48. The van der Waals surface area contributed by atoms with Crippen molar-refractivity contribution >= 4 is 49.4 Å². The van der Waals surface area contributed by atoms with Gasteiger partial charge in [0.05, 0.1) is 0 Å². The monoisotopic (exact) mass is 448 g/mol. The van der Waals surface area contributed by atoms with Crippen molar-refractivity contribution in [1.82, 2.24) is 10.2 Å². The standard InChI is InChI=1S/C15H11F3N4O3S3/c1-8-2-4-9(5-3-8)22-28(24,25)10-6-7-26-11(10)12(23)19-14-21-20-13(27-14)15(16,17)18/h2-7,22H,1H3,(H,19,21,23). The van der Waals surface area contributed by atoms with Crippen molar-refractivity contribution in [1.29, 1.82) is 0 Å². The highest BCUT2D eigenvalue weighted by atomic mass is 32.2. The number of sulfonamides is 1. The topological polar surface area (TPSA) is 101 Å². The minimum Gasteiger partial charge on any atom is -0.296 e. The van der Waals surface area contributed by atoms with Crippen LogP contribution in [0.15, 0.2) is 40.6 Å². The Balaban J connectivity index is 1.81. The number of halogens is 3. The van der Waals surface area contributed by atoms with E-state index in [1.54, 1.807) is 24.3 Å². The number of hydrogen-bond acceptors (Lipinski definition) is 7. The first-order valence-electron chi connectivity index (χ1n) is 7.45. The predicted molar refractivity (Wildman–Crippen MR) is 99.2 cm³/mol. The molecule has 0 bridgehead atoms. The van der Waals surface area contributed by atoms with Gasteiger partial charge < -0.3 is 0 Å². The number of hydrogen-bond donors (Lipinski definition) is 2. The zero-order valence-corrected chi connectivity index (χ0v) is 16.4. The van der Waals surface area contributed by atoms with Gasteiger partial charge in [-0.25, -0.2) is 8.42 Å². The molecule has 0 radical (unpaired) electrons. The minimum absolute atomic E-state index is 0.143. The molecule has 0 fully saturated rings. The Hall–Kier alpha value is -2.51. The van der Waals surface area contributed by atoms with Gasteiger partial charge in [0.2, 0.25) is 10.1 Å². The molecule has 0 saturated heterocycles. The Kier molecular flexibility index (Phi) is 5.41. The average molecular weight is 448 g/mol. The molecule has 3 aromatic rings. The van der Waals surface area contributed by atoms with Gasteiger partial charge in [-0.1, -0.05) is 29.0 Å². The lowest BCUT2D eigenvalue weighted by atomic mass is 10.2. The molecule has 7 nitrogen and oxygen atoms in total. The molecule has 0 saturated carbocycles. The number of amides is 1. The number of nitrogens with zero attached hydrogens (tertiary/aromatic N) is 2. The first-order chi connectivity index (χ1) is 13.1. The largest absolute Gasteiger partial charge is 0.445 e. The summed E-state index contributed by atoms with van der Waals surface area (Å²) in [6.07, 6.45) is -4.68. The Morgan fingerprint density at radius 1 is 1.11 bits per heavy atom. The van der Waals surface area contributed by atoms with Crippen LogP contribution in [0.2, 0.25) is 0 Å². The van der Waals surface area contributed by atoms with Gasteiger partial charge in [0.15, 0.2) is 0 Å². The molecule has 0 unspecified atom stereocenters. The van der Waals surface area contributed by atoms with Crippen molar-refractivity contribution in [2.24, 2.45) is 0 Å². The molecule has 148 valence electrons. The van der Waals surface area contributed by atoms with Crippen LogP contribution >= 0.6 is 22.7 Å². The molecule has 28 heavy (non-hydrogen) atoms. The third-order valence-corrected chi connectivity index (χ3v) is 6.67. The molecule has 2 aromatic heterocycles. The van der Waals surface area contributed by atoms with Crippen molar-refractivity contribution in [2.45, 2.75) is 18.0 Å². The Morgan fingerprint density at radius 2 is 1.79 bits per heavy atom. The van der Waals surface area contributed by atoms with Crippen LogP contribution in [-0.2, 0) is 16.2 Å². The number of nitrogens with one attached hydrogen (secondary N) is 2. The van der Waals surface area contributed by atoms with Gasteiger partial charge >= 0.3 is 6.18 Å². The normalized spacial score (nSPS) is 12.0. The number of rotatable bonds is 5. The van der Waals surface area contributed by atoms with Crippen molar-refractivity contribution in [3.8, 4) is 0 Å². The van der Waals surface area contributed by atoms with Gasteiger partial charge in [0.1, 0.15) is 9.77 Å². The van der Waals surface area contributed by atoms with Crippen LogP contribution in [0.1, 0.15) is 20.2 Å². The van der Waals surface area contributed by atoms with Gasteiger partial charge in [0.25, 0.3) is 15.9 Å². The van der Waals surface area contributed by atoms with E-state index in [2.05, 4.69) is 20.2 Å². The van der Waals surface area contributed by atoms with Gasteiger partial charge in [-0.15, -0.1) is 21.5 Å². The molecule has 0 atom stereocenters. The second-order valence-corrected chi connectivity index (χ2v) is 8.99. The number of aryl methyl sites for hydroxylation is 1. The fraction of sp³-hybridized carbons (Fsp3) is 0.133. The van der Waals surface area contributed by atoms with Gasteiger partial charge in [-0.05, 0) is 30.5 Å². The maximum Gasteiger partial charge on any atom is 0.445 e. The fourth-order valence-electron chi connectivity index (χ4n) is 2.05. The number of benzene rings is 1. The lowest BCUT2D eigenvalue weighted by molar-refractivity contribution is -0.138. The predicted octanol–water partition coefficient (Wildman–Crippen LogP) is 3.98. The number of aromatic nitrogens is 2. The highest BCUT2D eigenvalue weighted by molar-refractivity contribution is 7.93. The van der Waals surface area contributed by atoms with E-state index in [-0.39, 0.29) is 26.2 Å². The second-order valence-electron chi connectivity index (χ2n) is 5.45. The minimum atomic E-state index is -4.68. The van der Waals surface area contributed by atoms with E-state index < -0.39 is 27.1 Å². The van der Waals surface area contributed by atoms with Crippen LogP contribution in [0.3, 0.4) is 0 Å². The van der Waals surface area contributed by atoms with E-state index in [0.717, 1.165) is 16.9 Å². The first-order valence-corrected chi connectivity index (χ1v) is 10.6. The highest BCUT2D eigenvalue weighted by Crippen LogP contribution is 2.33. The van der Waals surface area contributed by atoms with Crippen molar-refractivity contribution in [3.63, 3.8) is 0 Å². The summed E-state index contributed by atoms with van der Waals surface area (Å²) < 4.78 is 65.3. The SMILES string of the molecule is Cc1ccc(NS(=O)(=O)c2ccsc2C(=O)Nc2nnc(C(F)(F)F)s2)cc1. The van der Waals surface area contributed by atoms with Gasteiger partial charge in [-0.3, -0.25) is 14.8 Å². The molecular formula is C15H11F3N4O3S3. The second kappa shape index (κ2) is 7.48. The summed E-state index contributed by atoms with van der Waals surface area (Å²) in [5.74, 6) is -0.899. The molecule has 1 amide bonds. The molecule has 0 spiro atoms. The molecule has 13 heteroatoms. The lowest BCUT2D eigenvalue weighted by Gasteiger charge is -2.09. The molecular weight excluding hydrogens is 437 g/mol. The number of carbonyl (C=O) groups is 1. The summed E-state index contributed by atoms with van der Waals surface area (Å²) in [5.41, 5.74) is 1.25. The smallest absolute Gasteiger partial charge is 0.296 e. The average Bonchev–Trinajstić information content (AvgIpc) is 3.25. The summed E-state index contributed by atoms with van der Waals surface area (Å²) in [5, 5.41) is 8.14. The third-order valence-electron chi connectivity index (χ3n) is 3.32. The Morgan fingerprint density at radius 3 is 2.39 bits per heavy atom. The molecule has 0 aliphatic carbocycles. The maximum atomic E-state index is 12.6. The van der Waals surface area contributed by atoms with Crippen LogP contribution in [0.25, 0.3) is 0 Å². The Labute approximate surface area is 165 Å². The lowest BCUT2D eigenvalue weighted by Crippen LogP contribution is -2.18. The summed E-state index contributed by atoms with van der Waals surface area (Å²) in [4.78, 5) is 11.9. The number of thiophene rings is 1. The molecule has 3 rings (SSSR count). The molecule has 0 aliphatic rings. The van der Waals surface area contributed by atoms with Crippen LogP contribution in [0, 0.1) is 6.92 Å². The summed E-state index contributed by atoms with van der Waals surface area (Å²) >= 11 is 0.975. The van der Waals surface area contributed by atoms with Crippen LogP contribution in [-0.4, -0.2) is 24.5 Å². The first kappa shape index (κ1) is 20.2. The maximum absolute atomic E-state index is 12.6. The van der Waals surface area contributed by atoms with Crippen LogP contribution < -0.4 is 10.0 Å². The van der Waals surface area contributed by atoms with Crippen LogP contribution in [0.5, 0.6) is 0 Å². The zero-order valence-electron chi connectivity index (χ0n) is 13.9. The molecule has 2 heterocycles. The summed E-state index contributed by atoms with van der Waals surface area (Å²) in [6.45, 7) is 1.84. The van der Waals surface area contributed by atoms with E-state index in [4.69, 9.17) is 0 Å². The van der Waals surface area contributed by atoms with E-state index in [9.17, 15) is 26.4 Å². The van der Waals surface area contributed by atoms with E-state index in [1.807, 2.05) is 6.92 Å². The quantitative estimate of drug-likeness (QED) is 0.615. The van der Waals surface area contributed by atoms with Gasteiger partial charge in [0, 0.05) is 5.69 Å². The molecule has 2 N–H and O–H groups in total. The van der Waals surface area contributed by atoms with Crippen LogP contribution in [0.4, 0.5) is 24.0 Å². The molecule has 1 aromatic carbocycles. The highest BCUT2D eigenvalue weighted by Gasteiger charge is 2.36. The van der Waals surface area contributed by atoms with Gasteiger partial charge in [-0.2, -0.15) is 13.2 Å². The van der Waals surface area contributed by atoms with E-state index >= 15 is 0 Å². The Bertz CT molecular complexity index is 1110. The number of alkyl halides is 3. The summed E-state index contributed by atoms with van der Waals surface area (Å²) in [6, 6.07) is 7.80. The molecule has 0 aliphatic heterocycles. The summed E-state index contributed by atoms with van der Waals surface area (Å²) in [7, 11) is -4.08. The van der Waals surface area contributed by atoms with Crippen molar-refractivity contribution < 1.29 is 26.4 Å². The van der Waals surface area contributed by atoms with E-state index in [1.165, 1.54) is 11.4 Å². The fourth-order valence-corrected chi connectivity index (χ4v) is 5.04. The zero-order chi connectivity index (χ0) is 20.5.